The summed E-state index contributed by atoms with van der Waals surface area (Å²) >= 11 is 0. The summed E-state index contributed by atoms with van der Waals surface area (Å²) < 4.78 is 13.6. The maximum atomic E-state index is 13.6. The van der Waals surface area contributed by atoms with Gasteiger partial charge in [0.25, 0.3) is 0 Å². The fraction of sp³-hybridized carbons (Fsp3) is 0.500. The minimum Gasteiger partial charge on any atom is -0.310 e. The van der Waals surface area contributed by atoms with Gasteiger partial charge in [-0.2, -0.15) is 0 Å². The molecule has 0 fully saturated rings. The van der Waals surface area contributed by atoms with Crippen molar-refractivity contribution in [2.75, 3.05) is 6.54 Å². The maximum Gasteiger partial charge on any atom is 0.128 e. The Morgan fingerprint density at radius 1 is 1.50 bits per heavy atom. The lowest BCUT2D eigenvalue weighted by Crippen LogP contribution is -2.19. The van der Waals surface area contributed by atoms with Crippen LogP contribution >= 0.6 is 0 Å². The highest BCUT2D eigenvalue weighted by Gasteiger charge is 2.26. The van der Waals surface area contributed by atoms with Gasteiger partial charge in [0.15, 0.2) is 0 Å². The molecule has 1 aromatic rings. The van der Waals surface area contributed by atoms with Gasteiger partial charge in [-0.05, 0) is 43.5 Å². The summed E-state index contributed by atoms with van der Waals surface area (Å²) in [6.45, 7) is 5.02. The van der Waals surface area contributed by atoms with Crippen molar-refractivity contribution in [1.82, 2.24) is 5.32 Å². The summed E-state index contributed by atoms with van der Waals surface area (Å²) in [7, 11) is 0. The van der Waals surface area contributed by atoms with E-state index in [-0.39, 0.29) is 11.9 Å². The molecule has 0 saturated carbocycles. The van der Waals surface area contributed by atoms with Crippen molar-refractivity contribution in [1.29, 1.82) is 0 Å². The van der Waals surface area contributed by atoms with Crippen LogP contribution in [0.2, 0.25) is 0 Å². The van der Waals surface area contributed by atoms with Gasteiger partial charge >= 0.3 is 0 Å². The van der Waals surface area contributed by atoms with E-state index in [1.54, 1.807) is 6.07 Å². The summed E-state index contributed by atoms with van der Waals surface area (Å²) in [5.74, 6) is -0.0472. The highest BCUT2D eigenvalue weighted by molar-refractivity contribution is 5.41. The van der Waals surface area contributed by atoms with E-state index in [0.29, 0.717) is 0 Å². The predicted octanol–water partition coefficient (Wildman–Crippen LogP) is 2.73. The second kappa shape index (κ2) is 3.70. The lowest BCUT2D eigenvalue weighted by Gasteiger charge is -2.13. The van der Waals surface area contributed by atoms with E-state index < -0.39 is 0 Å². The van der Waals surface area contributed by atoms with Crippen LogP contribution in [0.15, 0.2) is 12.1 Å². The van der Waals surface area contributed by atoms with Crippen molar-refractivity contribution < 1.29 is 4.39 Å². The van der Waals surface area contributed by atoms with Crippen LogP contribution in [0.25, 0.3) is 0 Å². The molecule has 1 atom stereocenters. The molecule has 0 spiro atoms. The number of fused-ring (bicyclic) bond motifs is 1. The fourth-order valence-electron chi connectivity index (χ4n) is 2.34. The van der Waals surface area contributed by atoms with E-state index >= 15 is 0 Å². The van der Waals surface area contributed by atoms with Gasteiger partial charge < -0.3 is 5.32 Å². The van der Waals surface area contributed by atoms with Crippen molar-refractivity contribution in [3.05, 3.63) is 34.6 Å². The van der Waals surface area contributed by atoms with Crippen LogP contribution in [-0.2, 0) is 6.42 Å². The van der Waals surface area contributed by atoms with E-state index in [9.17, 15) is 4.39 Å². The molecule has 1 N–H and O–H groups in total. The predicted molar refractivity (Wildman–Crippen MR) is 55.9 cm³/mol. The van der Waals surface area contributed by atoms with Crippen molar-refractivity contribution in [3.63, 3.8) is 0 Å². The molecule has 1 unspecified atom stereocenters. The second-order valence-corrected chi connectivity index (χ2v) is 3.91. The van der Waals surface area contributed by atoms with Gasteiger partial charge in [-0.15, -0.1) is 0 Å². The first-order valence-corrected chi connectivity index (χ1v) is 5.25. The quantitative estimate of drug-likeness (QED) is 0.761. The molecule has 0 amide bonds. The number of hydrogen-bond acceptors (Lipinski definition) is 1. The molecule has 0 heterocycles. The van der Waals surface area contributed by atoms with E-state index in [0.717, 1.165) is 24.9 Å². The average Bonchev–Trinajstić information content (AvgIpc) is 2.58. The summed E-state index contributed by atoms with van der Waals surface area (Å²) in [5, 5.41) is 3.33. The molecule has 0 radical (unpaired) electrons. The number of nitrogens with one attached hydrogen (secondary N) is 1. The molecule has 0 aliphatic heterocycles. The molecule has 1 aliphatic rings. The molecular formula is C12H16FN. The zero-order valence-corrected chi connectivity index (χ0v) is 8.73. The SMILES string of the molecule is CCNC1CCc2c(C)ccc(F)c21. The number of hydrogen-bond donors (Lipinski definition) is 1. The second-order valence-electron chi connectivity index (χ2n) is 3.91. The van der Waals surface area contributed by atoms with Crippen LogP contribution in [0, 0.1) is 12.7 Å². The van der Waals surface area contributed by atoms with Gasteiger partial charge in [0.1, 0.15) is 5.82 Å². The fourth-order valence-corrected chi connectivity index (χ4v) is 2.34. The smallest absolute Gasteiger partial charge is 0.128 e. The highest BCUT2D eigenvalue weighted by Crippen LogP contribution is 2.34. The van der Waals surface area contributed by atoms with E-state index in [4.69, 9.17) is 0 Å². The molecule has 1 aliphatic carbocycles. The van der Waals surface area contributed by atoms with Gasteiger partial charge in [-0.3, -0.25) is 0 Å². The molecule has 0 saturated heterocycles. The summed E-state index contributed by atoms with van der Waals surface area (Å²) in [5.41, 5.74) is 3.35. The average molecular weight is 193 g/mol. The van der Waals surface area contributed by atoms with Crippen LogP contribution in [0.4, 0.5) is 4.39 Å². The Balaban J connectivity index is 2.42. The lowest BCUT2D eigenvalue weighted by molar-refractivity contribution is 0.517. The minimum atomic E-state index is -0.0472. The van der Waals surface area contributed by atoms with Gasteiger partial charge in [-0.1, -0.05) is 13.0 Å². The Morgan fingerprint density at radius 3 is 3.00 bits per heavy atom. The van der Waals surface area contributed by atoms with Gasteiger partial charge in [0.05, 0.1) is 0 Å². The van der Waals surface area contributed by atoms with Crippen LogP contribution in [0.5, 0.6) is 0 Å². The summed E-state index contributed by atoms with van der Waals surface area (Å²) in [4.78, 5) is 0. The van der Waals surface area contributed by atoms with Gasteiger partial charge in [-0.25, -0.2) is 4.39 Å². The molecular weight excluding hydrogens is 177 g/mol. The Morgan fingerprint density at radius 2 is 2.29 bits per heavy atom. The van der Waals surface area contributed by atoms with Crippen LogP contribution < -0.4 is 5.32 Å². The first-order valence-electron chi connectivity index (χ1n) is 5.25. The monoisotopic (exact) mass is 193 g/mol. The number of rotatable bonds is 2. The minimum absolute atomic E-state index is 0.0472. The van der Waals surface area contributed by atoms with Gasteiger partial charge in [0, 0.05) is 11.6 Å². The normalized spacial score (nSPS) is 19.8. The van der Waals surface area contributed by atoms with E-state index in [1.807, 2.05) is 6.07 Å². The lowest BCUT2D eigenvalue weighted by atomic mass is 10.0. The Hall–Kier alpha value is -0.890. The molecule has 0 bridgehead atoms. The Kier molecular flexibility index (Phi) is 2.55. The maximum absolute atomic E-state index is 13.6. The number of halogens is 1. The summed E-state index contributed by atoms with van der Waals surface area (Å²) in [6.07, 6.45) is 2.04. The van der Waals surface area contributed by atoms with Crippen molar-refractivity contribution in [2.45, 2.75) is 32.7 Å². The Bertz CT molecular complexity index is 346. The molecule has 2 heteroatoms. The van der Waals surface area contributed by atoms with Crippen LogP contribution in [-0.4, -0.2) is 6.54 Å². The van der Waals surface area contributed by atoms with Crippen LogP contribution in [0.3, 0.4) is 0 Å². The molecule has 76 valence electrons. The molecule has 1 aromatic carbocycles. The van der Waals surface area contributed by atoms with Crippen molar-refractivity contribution in [3.8, 4) is 0 Å². The van der Waals surface area contributed by atoms with E-state index in [2.05, 4.69) is 19.2 Å². The van der Waals surface area contributed by atoms with Crippen LogP contribution in [0.1, 0.15) is 36.1 Å². The summed E-state index contributed by atoms with van der Waals surface area (Å²) in [6, 6.07) is 3.70. The molecule has 2 rings (SSSR count). The van der Waals surface area contributed by atoms with Crippen molar-refractivity contribution in [2.24, 2.45) is 0 Å². The van der Waals surface area contributed by atoms with Crippen molar-refractivity contribution >= 4 is 0 Å². The standard InChI is InChI=1S/C12H16FN/c1-3-14-11-7-5-9-8(2)4-6-10(13)12(9)11/h4,6,11,14H,3,5,7H2,1-2H3. The third-order valence-electron chi connectivity index (χ3n) is 3.02. The number of benzene rings is 1. The first-order chi connectivity index (χ1) is 6.74. The number of aryl methyl sites for hydroxylation is 1. The molecule has 1 nitrogen and oxygen atoms in total. The van der Waals surface area contributed by atoms with E-state index in [1.165, 1.54) is 11.1 Å². The zero-order valence-electron chi connectivity index (χ0n) is 8.73. The zero-order chi connectivity index (χ0) is 10.1. The highest BCUT2D eigenvalue weighted by atomic mass is 19.1. The topological polar surface area (TPSA) is 12.0 Å². The molecule has 14 heavy (non-hydrogen) atoms. The third kappa shape index (κ3) is 1.44. The third-order valence-corrected chi connectivity index (χ3v) is 3.02. The van der Waals surface area contributed by atoms with Gasteiger partial charge in [0.2, 0.25) is 0 Å². The first kappa shape index (κ1) is 9.66. The molecule has 0 aromatic heterocycles. The largest absolute Gasteiger partial charge is 0.310 e. The Labute approximate surface area is 84.3 Å².